The molecule has 4 rings (SSSR count). The van der Waals surface area contributed by atoms with Crippen molar-refractivity contribution in [2.24, 2.45) is 0 Å². The van der Waals surface area contributed by atoms with Crippen molar-refractivity contribution in [2.45, 2.75) is 30.2 Å². The van der Waals surface area contributed by atoms with Crippen LogP contribution in [-0.2, 0) is 15.1 Å². The van der Waals surface area contributed by atoms with Gasteiger partial charge >= 0.3 is 0 Å². The topological polar surface area (TPSA) is 79.2 Å². The van der Waals surface area contributed by atoms with Crippen molar-refractivity contribution in [1.29, 1.82) is 0 Å². The van der Waals surface area contributed by atoms with Gasteiger partial charge in [0.1, 0.15) is 23.9 Å². The Morgan fingerprint density at radius 2 is 1.07 bits per heavy atom. The van der Waals surface area contributed by atoms with Crippen molar-refractivity contribution in [2.75, 3.05) is 6.61 Å². The highest BCUT2D eigenvalue weighted by Gasteiger charge is 2.44. The lowest BCUT2D eigenvalue weighted by Gasteiger charge is -2.37. The summed E-state index contributed by atoms with van der Waals surface area (Å²) in [4.78, 5) is 0. The lowest BCUT2D eigenvalue weighted by molar-refractivity contribution is -0.145. The average Bonchev–Trinajstić information content (AvgIpc) is 3.03. The van der Waals surface area contributed by atoms with Crippen molar-refractivity contribution in [1.82, 2.24) is 0 Å². The van der Waals surface area contributed by atoms with Crippen LogP contribution >= 0.6 is 0 Å². The molecule has 3 aromatic carbocycles. The SMILES string of the molecule is OC1OC(COC(c2ccccc2)(c2ccccc2)c2ccccc2)[C@@H](O)[C@H]1O. The molecule has 0 amide bonds. The summed E-state index contributed by atoms with van der Waals surface area (Å²) in [6.45, 7) is -0.0199. The maximum Gasteiger partial charge on any atom is 0.184 e. The molecule has 1 aliphatic rings. The fourth-order valence-corrected chi connectivity index (χ4v) is 3.84. The Morgan fingerprint density at radius 3 is 1.41 bits per heavy atom. The molecule has 1 fully saturated rings. The van der Waals surface area contributed by atoms with Gasteiger partial charge in [-0.2, -0.15) is 0 Å². The maximum atomic E-state index is 10.2. The van der Waals surface area contributed by atoms with Crippen molar-refractivity contribution in [3.05, 3.63) is 108 Å². The van der Waals surface area contributed by atoms with E-state index in [0.29, 0.717) is 0 Å². The minimum Gasteiger partial charge on any atom is -0.387 e. The van der Waals surface area contributed by atoms with Crippen LogP contribution in [0.5, 0.6) is 0 Å². The third-order valence-electron chi connectivity index (χ3n) is 5.34. The van der Waals surface area contributed by atoms with Crippen molar-refractivity contribution < 1.29 is 24.8 Å². The summed E-state index contributed by atoms with van der Waals surface area (Å²) in [6.07, 6.45) is -4.87. The summed E-state index contributed by atoms with van der Waals surface area (Å²) in [7, 11) is 0. The van der Waals surface area contributed by atoms with Gasteiger partial charge in [-0.05, 0) is 16.7 Å². The Labute approximate surface area is 169 Å². The van der Waals surface area contributed by atoms with Gasteiger partial charge < -0.3 is 24.8 Å². The highest BCUT2D eigenvalue weighted by Crippen LogP contribution is 2.41. The Morgan fingerprint density at radius 1 is 0.655 bits per heavy atom. The molecule has 1 heterocycles. The predicted molar refractivity (Wildman–Crippen MR) is 108 cm³/mol. The van der Waals surface area contributed by atoms with Crippen molar-refractivity contribution in [3.8, 4) is 0 Å². The first-order chi connectivity index (χ1) is 14.1. The van der Waals surface area contributed by atoms with Crippen LogP contribution in [0.1, 0.15) is 16.7 Å². The van der Waals surface area contributed by atoms with Gasteiger partial charge in [-0.1, -0.05) is 91.0 Å². The van der Waals surface area contributed by atoms with Crippen molar-refractivity contribution in [3.63, 3.8) is 0 Å². The lowest BCUT2D eigenvalue weighted by Crippen LogP contribution is -2.39. The van der Waals surface area contributed by atoms with Gasteiger partial charge in [0, 0.05) is 0 Å². The van der Waals surface area contributed by atoms with Crippen LogP contribution < -0.4 is 0 Å². The number of benzene rings is 3. The predicted octanol–water partition coefficient (Wildman–Crippen LogP) is 2.43. The molecule has 0 aromatic heterocycles. The smallest absolute Gasteiger partial charge is 0.184 e. The van der Waals surface area contributed by atoms with Crippen LogP contribution in [0.4, 0.5) is 0 Å². The second-order valence-electron chi connectivity index (χ2n) is 7.14. The summed E-state index contributed by atoms with van der Waals surface area (Å²) < 4.78 is 11.9. The molecule has 150 valence electrons. The summed E-state index contributed by atoms with van der Waals surface area (Å²) in [6, 6.07) is 29.5. The summed E-state index contributed by atoms with van der Waals surface area (Å²) >= 11 is 0. The van der Waals surface area contributed by atoms with E-state index in [1.807, 2.05) is 91.0 Å². The molecule has 3 aromatic rings. The van der Waals surface area contributed by atoms with Crippen LogP contribution in [0, 0.1) is 0 Å². The number of aliphatic hydroxyl groups excluding tert-OH is 3. The number of ether oxygens (including phenoxy) is 2. The molecule has 0 bridgehead atoms. The second-order valence-corrected chi connectivity index (χ2v) is 7.14. The van der Waals surface area contributed by atoms with Gasteiger partial charge in [-0.15, -0.1) is 0 Å². The molecule has 3 N–H and O–H groups in total. The minimum atomic E-state index is -1.43. The van der Waals surface area contributed by atoms with Crippen LogP contribution in [-0.4, -0.2) is 46.5 Å². The molecule has 0 aliphatic carbocycles. The highest BCUT2D eigenvalue weighted by molar-refractivity contribution is 5.47. The lowest BCUT2D eigenvalue weighted by atomic mass is 9.80. The molecule has 1 aliphatic heterocycles. The zero-order valence-electron chi connectivity index (χ0n) is 15.8. The van der Waals surface area contributed by atoms with E-state index in [1.54, 1.807) is 0 Å². The van der Waals surface area contributed by atoms with E-state index >= 15 is 0 Å². The molecule has 0 radical (unpaired) electrons. The van der Waals surface area contributed by atoms with E-state index in [4.69, 9.17) is 9.47 Å². The van der Waals surface area contributed by atoms with E-state index in [2.05, 4.69) is 0 Å². The van der Waals surface area contributed by atoms with Crippen LogP contribution in [0.3, 0.4) is 0 Å². The van der Waals surface area contributed by atoms with Crippen LogP contribution in [0.2, 0.25) is 0 Å². The molecule has 29 heavy (non-hydrogen) atoms. The first-order valence-electron chi connectivity index (χ1n) is 9.63. The quantitative estimate of drug-likeness (QED) is 0.562. The fraction of sp³-hybridized carbons (Fsp3) is 0.250. The zero-order chi connectivity index (χ0) is 20.3. The third kappa shape index (κ3) is 3.71. The largest absolute Gasteiger partial charge is 0.387 e. The summed E-state index contributed by atoms with van der Waals surface area (Å²) in [5.74, 6) is 0. The normalized spacial score (nSPS) is 24.5. The zero-order valence-corrected chi connectivity index (χ0v) is 15.8. The molecule has 1 saturated heterocycles. The molecule has 0 spiro atoms. The van der Waals surface area contributed by atoms with E-state index in [1.165, 1.54) is 0 Å². The van der Waals surface area contributed by atoms with E-state index in [9.17, 15) is 15.3 Å². The van der Waals surface area contributed by atoms with Crippen molar-refractivity contribution >= 4 is 0 Å². The summed E-state index contributed by atoms with van der Waals surface area (Å²) in [5, 5.41) is 29.8. The number of rotatable bonds is 6. The number of hydrogen-bond acceptors (Lipinski definition) is 5. The molecule has 0 saturated carbocycles. The Bertz CT molecular complexity index is 804. The molecule has 5 heteroatoms. The van der Waals surface area contributed by atoms with Gasteiger partial charge in [0.15, 0.2) is 6.29 Å². The highest BCUT2D eigenvalue weighted by atomic mass is 16.7. The number of aliphatic hydroxyl groups is 3. The Kier molecular flexibility index (Phi) is 5.76. The standard InChI is InChI=1S/C24H24O5/c25-21-20(29-23(27)22(21)26)16-28-24(17-10-4-1-5-11-17,18-12-6-2-7-13-18)19-14-8-3-9-15-19/h1-15,20-23,25-27H,16H2/t20?,21-,22-,23?/m1/s1. The maximum absolute atomic E-state index is 10.2. The third-order valence-corrected chi connectivity index (χ3v) is 5.34. The van der Waals surface area contributed by atoms with Crippen LogP contribution in [0.25, 0.3) is 0 Å². The van der Waals surface area contributed by atoms with Gasteiger partial charge in [0.2, 0.25) is 0 Å². The second kappa shape index (κ2) is 8.45. The molecule has 2 unspecified atom stereocenters. The molecular formula is C24H24O5. The summed E-state index contributed by atoms with van der Waals surface area (Å²) in [5.41, 5.74) is 1.81. The average molecular weight is 392 g/mol. The van der Waals surface area contributed by atoms with Gasteiger partial charge in [-0.3, -0.25) is 0 Å². The van der Waals surface area contributed by atoms with Gasteiger partial charge in [0.25, 0.3) is 0 Å². The number of hydrogen-bond donors (Lipinski definition) is 3. The molecular weight excluding hydrogens is 368 g/mol. The van der Waals surface area contributed by atoms with Gasteiger partial charge in [-0.25, -0.2) is 0 Å². The van der Waals surface area contributed by atoms with Gasteiger partial charge in [0.05, 0.1) is 6.61 Å². The Hall–Kier alpha value is -2.54. The Balaban J connectivity index is 1.80. The molecule has 5 nitrogen and oxygen atoms in total. The van der Waals surface area contributed by atoms with E-state index in [0.717, 1.165) is 16.7 Å². The first-order valence-corrected chi connectivity index (χ1v) is 9.63. The molecule has 4 atom stereocenters. The van der Waals surface area contributed by atoms with E-state index < -0.39 is 30.2 Å². The van der Waals surface area contributed by atoms with Crippen LogP contribution in [0.15, 0.2) is 91.0 Å². The fourth-order valence-electron chi connectivity index (χ4n) is 3.84. The minimum absolute atomic E-state index is 0.0199. The first kappa shape index (κ1) is 19.8. The van der Waals surface area contributed by atoms with E-state index in [-0.39, 0.29) is 6.61 Å². The monoisotopic (exact) mass is 392 g/mol.